The Balaban J connectivity index is 1.34. The minimum atomic E-state index is 0.0666. The maximum absolute atomic E-state index is 13.0. The topological polar surface area (TPSA) is 35.6 Å². The second-order valence-corrected chi connectivity index (χ2v) is 9.68. The average molecular weight is 424 g/mol. The Morgan fingerprint density at radius 3 is 2.69 bits per heavy atom. The van der Waals surface area contributed by atoms with E-state index in [2.05, 4.69) is 56.2 Å². The van der Waals surface area contributed by atoms with Gasteiger partial charge in [-0.05, 0) is 59.9 Å². The van der Waals surface area contributed by atoms with Crippen molar-refractivity contribution >= 4 is 40.0 Å². The molecule has 6 heteroatoms. The van der Waals surface area contributed by atoms with Gasteiger partial charge in [-0.15, -0.1) is 22.7 Å². The number of amides is 1. The molecule has 5 rings (SSSR count). The molecule has 2 aromatic heterocycles. The van der Waals surface area contributed by atoms with Crippen molar-refractivity contribution in [1.29, 1.82) is 0 Å². The van der Waals surface area contributed by atoms with Gasteiger partial charge in [-0.25, -0.2) is 0 Å². The van der Waals surface area contributed by atoms with Crippen molar-refractivity contribution in [3.05, 3.63) is 68.5 Å². The Bertz CT molecular complexity index is 976. The number of para-hydroxylation sites is 2. The number of fused-ring (bicyclic) bond motifs is 1. The van der Waals surface area contributed by atoms with E-state index in [0.29, 0.717) is 6.54 Å². The number of benzene rings is 1. The lowest BCUT2D eigenvalue weighted by Gasteiger charge is -2.35. The molecule has 1 saturated heterocycles. The zero-order chi connectivity index (χ0) is 19.6. The number of nitrogens with zero attached hydrogens (tertiary/aromatic N) is 2. The van der Waals surface area contributed by atoms with Crippen LogP contribution in [0.1, 0.15) is 34.2 Å². The first-order valence-corrected chi connectivity index (χ1v) is 12.0. The van der Waals surface area contributed by atoms with E-state index >= 15 is 0 Å². The van der Waals surface area contributed by atoms with Crippen LogP contribution in [-0.2, 0) is 11.2 Å². The molecule has 4 nitrogen and oxygen atoms in total. The summed E-state index contributed by atoms with van der Waals surface area (Å²) < 4.78 is 0. The van der Waals surface area contributed by atoms with E-state index in [1.165, 1.54) is 28.2 Å². The fraction of sp³-hybridized carbons (Fsp3) is 0.348. The minimum absolute atomic E-state index is 0.0666. The normalized spacial score (nSPS) is 19.3. The highest BCUT2D eigenvalue weighted by molar-refractivity contribution is 7.10. The summed E-state index contributed by atoms with van der Waals surface area (Å²) in [5.74, 6) is 0.0666. The van der Waals surface area contributed by atoms with Crippen LogP contribution in [0.4, 0.5) is 11.4 Å². The molecule has 150 valence electrons. The predicted molar refractivity (Wildman–Crippen MR) is 122 cm³/mol. The first-order chi connectivity index (χ1) is 14.3. The van der Waals surface area contributed by atoms with Crippen LogP contribution in [-0.4, -0.2) is 37.0 Å². The monoisotopic (exact) mass is 423 g/mol. The quantitative estimate of drug-likeness (QED) is 0.628. The number of anilines is 2. The van der Waals surface area contributed by atoms with E-state index in [1.807, 2.05) is 23.5 Å². The van der Waals surface area contributed by atoms with E-state index in [0.717, 1.165) is 37.4 Å². The maximum Gasteiger partial charge on any atom is 0.238 e. The molecular weight excluding hydrogens is 398 g/mol. The molecule has 4 heterocycles. The number of hydrogen-bond acceptors (Lipinski definition) is 5. The highest BCUT2D eigenvalue weighted by Crippen LogP contribution is 2.39. The van der Waals surface area contributed by atoms with Crippen LogP contribution in [0.25, 0.3) is 0 Å². The van der Waals surface area contributed by atoms with Crippen molar-refractivity contribution in [3.8, 4) is 0 Å². The number of carbonyl (C=O) groups is 1. The average Bonchev–Trinajstić information content (AvgIpc) is 3.50. The van der Waals surface area contributed by atoms with Crippen LogP contribution in [0.15, 0.2) is 53.2 Å². The van der Waals surface area contributed by atoms with Gasteiger partial charge in [0, 0.05) is 29.4 Å². The van der Waals surface area contributed by atoms with E-state index < -0.39 is 0 Å². The Labute approximate surface area is 179 Å². The van der Waals surface area contributed by atoms with Crippen LogP contribution in [0, 0.1) is 0 Å². The molecule has 0 bridgehead atoms. The van der Waals surface area contributed by atoms with Crippen LogP contribution in [0.5, 0.6) is 0 Å². The zero-order valence-corrected chi connectivity index (χ0v) is 18.0. The van der Waals surface area contributed by atoms with Gasteiger partial charge in [0.25, 0.3) is 0 Å². The Kier molecular flexibility index (Phi) is 5.40. The molecule has 0 radical (unpaired) electrons. The maximum atomic E-state index is 13.0. The van der Waals surface area contributed by atoms with Gasteiger partial charge in [0.15, 0.2) is 0 Å². The highest BCUT2D eigenvalue weighted by Gasteiger charge is 2.31. The lowest BCUT2D eigenvalue weighted by Crippen LogP contribution is -2.40. The summed E-state index contributed by atoms with van der Waals surface area (Å²) >= 11 is 3.61. The fourth-order valence-electron chi connectivity index (χ4n) is 4.51. The summed E-state index contributed by atoms with van der Waals surface area (Å²) in [6, 6.07) is 14.9. The van der Waals surface area contributed by atoms with E-state index in [4.69, 9.17) is 0 Å². The van der Waals surface area contributed by atoms with Crippen LogP contribution in [0.2, 0.25) is 0 Å². The Morgan fingerprint density at radius 2 is 1.86 bits per heavy atom. The summed E-state index contributed by atoms with van der Waals surface area (Å²) in [5, 5.41) is 7.51. The van der Waals surface area contributed by atoms with Gasteiger partial charge in [-0.3, -0.25) is 9.69 Å². The van der Waals surface area contributed by atoms with Gasteiger partial charge >= 0.3 is 0 Å². The highest BCUT2D eigenvalue weighted by atomic mass is 32.1. The van der Waals surface area contributed by atoms with Crippen molar-refractivity contribution in [2.45, 2.75) is 25.3 Å². The molecule has 1 fully saturated rings. The van der Waals surface area contributed by atoms with Crippen LogP contribution < -0.4 is 10.2 Å². The first-order valence-electron chi connectivity index (χ1n) is 10.3. The Hall–Kier alpha value is -2.15. The second-order valence-electron chi connectivity index (χ2n) is 7.70. The van der Waals surface area contributed by atoms with Gasteiger partial charge in [0.1, 0.15) is 0 Å². The fourth-order valence-corrected chi connectivity index (χ4v) is 6.29. The van der Waals surface area contributed by atoms with Gasteiger partial charge in [-0.1, -0.05) is 18.2 Å². The van der Waals surface area contributed by atoms with E-state index in [9.17, 15) is 4.79 Å². The van der Waals surface area contributed by atoms with Crippen molar-refractivity contribution in [3.63, 3.8) is 0 Å². The SMILES string of the molecule is O=C(CN1CCc2sccc2[C@@H]1c1cccs1)Nc1ccccc1N1CCCC1. The van der Waals surface area contributed by atoms with Crippen LogP contribution in [0.3, 0.4) is 0 Å². The summed E-state index contributed by atoms with van der Waals surface area (Å²) in [7, 11) is 0. The molecule has 1 atom stereocenters. The lowest BCUT2D eigenvalue weighted by molar-refractivity contribution is -0.117. The number of hydrogen-bond donors (Lipinski definition) is 1. The number of rotatable bonds is 5. The summed E-state index contributed by atoms with van der Waals surface area (Å²) in [5.41, 5.74) is 3.45. The van der Waals surface area contributed by atoms with Gasteiger partial charge in [0.05, 0.1) is 24.0 Å². The molecule has 0 aliphatic carbocycles. The van der Waals surface area contributed by atoms with Crippen molar-refractivity contribution in [2.75, 3.05) is 36.4 Å². The lowest BCUT2D eigenvalue weighted by atomic mass is 9.98. The zero-order valence-electron chi connectivity index (χ0n) is 16.3. The first kappa shape index (κ1) is 18.9. The molecule has 29 heavy (non-hydrogen) atoms. The standard InChI is InChI=1S/C23H25N3OS2/c27-22(24-18-6-1-2-7-19(18)25-11-3-4-12-25)16-26-13-9-20-17(10-15-29-20)23(26)21-8-5-14-28-21/h1-2,5-8,10,14-15,23H,3-4,9,11-13,16H2,(H,24,27)/t23-/m1/s1. The molecule has 0 saturated carbocycles. The van der Waals surface area contributed by atoms with E-state index in [-0.39, 0.29) is 11.9 Å². The molecular formula is C23H25N3OS2. The van der Waals surface area contributed by atoms with Crippen molar-refractivity contribution in [2.24, 2.45) is 0 Å². The smallest absolute Gasteiger partial charge is 0.238 e. The second kappa shape index (κ2) is 8.30. The predicted octanol–water partition coefficient (Wildman–Crippen LogP) is 5.00. The molecule has 0 unspecified atom stereocenters. The Morgan fingerprint density at radius 1 is 1.00 bits per heavy atom. The van der Waals surface area contributed by atoms with Crippen molar-refractivity contribution < 1.29 is 4.79 Å². The molecule has 0 spiro atoms. The minimum Gasteiger partial charge on any atom is -0.370 e. The van der Waals surface area contributed by atoms with Gasteiger partial charge < -0.3 is 10.2 Å². The summed E-state index contributed by atoms with van der Waals surface area (Å²) in [6.07, 6.45) is 3.47. The molecule has 2 aliphatic heterocycles. The summed E-state index contributed by atoms with van der Waals surface area (Å²) in [4.78, 5) is 20.5. The molecule has 3 aromatic rings. The number of carbonyl (C=O) groups excluding carboxylic acids is 1. The van der Waals surface area contributed by atoms with E-state index in [1.54, 1.807) is 11.3 Å². The molecule has 1 amide bonds. The van der Waals surface area contributed by atoms with Gasteiger partial charge in [0.2, 0.25) is 5.91 Å². The molecule has 1 N–H and O–H groups in total. The molecule has 1 aromatic carbocycles. The third-order valence-electron chi connectivity index (χ3n) is 5.85. The largest absolute Gasteiger partial charge is 0.370 e. The summed E-state index contributed by atoms with van der Waals surface area (Å²) in [6.45, 7) is 3.46. The number of thiophene rings is 2. The third kappa shape index (κ3) is 3.84. The van der Waals surface area contributed by atoms with Crippen LogP contribution >= 0.6 is 22.7 Å². The molecule has 2 aliphatic rings. The number of nitrogens with one attached hydrogen (secondary N) is 1. The van der Waals surface area contributed by atoms with Gasteiger partial charge in [-0.2, -0.15) is 0 Å². The van der Waals surface area contributed by atoms with Crippen molar-refractivity contribution in [1.82, 2.24) is 4.90 Å². The third-order valence-corrected chi connectivity index (χ3v) is 7.77.